The van der Waals surface area contributed by atoms with E-state index in [0.29, 0.717) is 48.9 Å². The number of aliphatic hydroxyl groups is 1. The number of ether oxygens (including phenoxy) is 3. The van der Waals surface area contributed by atoms with Crippen LogP contribution in [0.5, 0.6) is 5.75 Å². The molecule has 1 aromatic carbocycles. The SMILES string of the molecule is CCOC[C@@H](O)CN(CCOC)Cc1nc2scc(-c3ccc(OC)cc3)c2c(=O)[nH]1. The molecule has 3 aromatic rings. The standard InChI is InChI=1S/C22H29N3O5S/c1-4-30-13-16(26)11-25(9-10-28-2)12-19-23-21(27)20-18(14-31-22(20)24-19)15-5-7-17(29-3)8-6-15/h5-8,14,16,26H,4,9-13H2,1-3H3,(H,23,24,27)/t16-/m0/s1. The van der Waals surface area contributed by atoms with E-state index < -0.39 is 6.10 Å². The van der Waals surface area contributed by atoms with Crippen LogP contribution in [0, 0.1) is 0 Å². The quantitative estimate of drug-likeness (QED) is 0.440. The molecule has 31 heavy (non-hydrogen) atoms. The van der Waals surface area contributed by atoms with Crippen LogP contribution < -0.4 is 10.3 Å². The highest BCUT2D eigenvalue weighted by Gasteiger charge is 2.17. The van der Waals surface area contributed by atoms with Gasteiger partial charge in [-0.3, -0.25) is 9.69 Å². The zero-order valence-corrected chi connectivity index (χ0v) is 18.9. The van der Waals surface area contributed by atoms with Crippen molar-refractivity contribution in [1.29, 1.82) is 0 Å². The van der Waals surface area contributed by atoms with Gasteiger partial charge in [-0.15, -0.1) is 11.3 Å². The van der Waals surface area contributed by atoms with Crippen molar-refractivity contribution in [2.45, 2.75) is 19.6 Å². The van der Waals surface area contributed by atoms with Crippen LogP contribution >= 0.6 is 11.3 Å². The molecule has 0 saturated carbocycles. The molecule has 0 fully saturated rings. The first-order chi connectivity index (χ1) is 15.0. The molecule has 0 unspecified atom stereocenters. The van der Waals surface area contributed by atoms with E-state index >= 15 is 0 Å². The first-order valence-corrected chi connectivity index (χ1v) is 11.1. The van der Waals surface area contributed by atoms with Gasteiger partial charge in [0.1, 0.15) is 16.4 Å². The van der Waals surface area contributed by atoms with E-state index in [1.165, 1.54) is 11.3 Å². The zero-order chi connectivity index (χ0) is 22.2. The van der Waals surface area contributed by atoms with Crippen molar-refractivity contribution in [3.8, 4) is 16.9 Å². The lowest BCUT2D eigenvalue weighted by Crippen LogP contribution is -2.37. The number of aliphatic hydroxyl groups excluding tert-OH is 1. The highest BCUT2D eigenvalue weighted by Crippen LogP contribution is 2.31. The van der Waals surface area contributed by atoms with E-state index in [-0.39, 0.29) is 12.2 Å². The van der Waals surface area contributed by atoms with E-state index in [9.17, 15) is 9.90 Å². The summed E-state index contributed by atoms with van der Waals surface area (Å²) in [5.74, 6) is 1.32. The molecule has 3 rings (SSSR count). The van der Waals surface area contributed by atoms with E-state index in [0.717, 1.165) is 16.9 Å². The van der Waals surface area contributed by atoms with Crippen molar-refractivity contribution in [3.63, 3.8) is 0 Å². The highest BCUT2D eigenvalue weighted by molar-refractivity contribution is 7.17. The van der Waals surface area contributed by atoms with Gasteiger partial charge in [-0.25, -0.2) is 4.98 Å². The molecule has 1 atom stereocenters. The third kappa shape index (κ3) is 6.11. The van der Waals surface area contributed by atoms with Crippen LogP contribution in [-0.4, -0.2) is 73.2 Å². The molecule has 2 N–H and O–H groups in total. The minimum atomic E-state index is -0.629. The Morgan fingerprint density at radius 2 is 2.03 bits per heavy atom. The minimum Gasteiger partial charge on any atom is -0.497 e. The van der Waals surface area contributed by atoms with Crippen molar-refractivity contribution in [1.82, 2.24) is 14.9 Å². The van der Waals surface area contributed by atoms with Crippen LogP contribution in [0.2, 0.25) is 0 Å². The summed E-state index contributed by atoms with van der Waals surface area (Å²) in [5, 5.41) is 12.7. The van der Waals surface area contributed by atoms with Crippen LogP contribution in [0.25, 0.3) is 21.3 Å². The van der Waals surface area contributed by atoms with E-state index in [4.69, 9.17) is 14.2 Å². The van der Waals surface area contributed by atoms with Crippen molar-refractivity contribution in [2.75, 3.05) is 47.1 Å². The molecule has 8 nitrogen and oxygen atoms in total. The molecule has 0 aliphatic rings. The second-order valence-electron chi connectivity index (χ2n) is 7.11. The molecular weight excluding hydrogens is 418 g/mol. The smallest absolute Gasteiger partial charge is 0.260 e. The van der Waals surface area contributed by atoms with Gasteiger partial charge in [0.15, 0.2) is 0 Å². The van der Waals surface area contributed by atoms with Gasteiger partial charge in [-0.05, 0) is 24.6 Å². The van der Waals surface area contributed by atoms with Crippen molar-refractivity contribution in [3.05, 3.63) is 45.8 Å². The Bertz CT molecular complexity index is 1020. The maximum absolute atomic E-state index is 12.9. The first kappa shape index (κ1) is 23.4. The fraction of sp³-hybridized carbons (Fsp3) is 0.455. The predicted molar refractivity (Wildman–Crippen MR) is 122 cm³/mol. The van der Waals surface area contributed by atoms with Crippen LogP contribution in [0.1, 0.15) is 12.7 Å². The molecule has 0 aliphatic carbocycles. The fourth-order valence-electron chi connectivity index (χ4n) is 3.32. The summed E-state index contributed by atoms with van der Waals surface area (Å²) in [5.41, 5.74) is 1.62. The van der Waals surface area contributed by atoms with Crippen molar-refractivity contribution >= 4 is 21.6 Å². The number of hydrogen-bond acceptors (Lipinski definition) is 8. The average Bonchev–Trinajstić information content (AvgIpc) is 3.20. The Balaban J connectivity index is 1.82. The molecule has 2 aromatic heterocycles. The number of fused-ring (bicyclic) bond motifs is 1. The predicted octanol–water partition coefficient (Wildman–Crippen LogP) is 2.51. The number of aromatic amines is 1. The van der Waals surface area contributed by atoms with Gasteiger partial charge < -0.3 is 24.3 Å². The topological polar surface area (TPSA) is 96.9 Å². The second-order valence-corrected chi connectivity index (χ2v) is 7.97. The van der Waals surface area contributed by atoms with E-state index in [2.05, 4.69) is 9.97 Å². The summed E-state index contributed by atoms with van der Waals surface area (Å²) in [6, 6.07) is 7.60. The van der Waals surface area contributed by atoms with Crippen LogP contribution in [-0.2, 0) is 16.0 Å². The summed E-state index contributed by atoms with van der Waals surface area (Å²) in [6.45, 7) is 4.60. The first-order valence-electron chi connectivity index (χ1n) is 10.2. The van der Waals surface area contributed by atoms with Gasteiger partial charge >= 0.3 is 0 Å². The Morgan fingerprint density at radius 3 is 2.71 bits per heavy atom. The molecule has 0 radical (unpaired) electrons. The van der Waals surface area contributed by atoms with Gasteiger partial charge in [0, 0.05) is 37.7 Å². The molecule has 0 spiro atoms. The Morgan fingerprint density at radius 1 is 1.26 bits per heavy atom. The summed E-state index contributed by atoms with van der Waals surface area (Å²) < 4.78 is 15.7. The van der Waals surface area contributed by atoms with E-state index in [1.54, 1.807) is 14.2 Å². The third-order valence-corrected chi connectivity index (χ3v) is 5.73. The average molecular weight is 448 g/mol. The number of hydrogen-bond donors (Lipinski definition) is 2. The van der Waals surface area contributed by atoms with Gasteiger partial charge in [0.2, 0.25) is 0 Å². The summed E-state index contributed by atoms with van der Waals surface area (Å²) >= 11 is 1.44. The number of methoxy groups -OCH3 is 2. The number of nitrogens with one attached hydrogen (secondary N) is 1. The number of benzene rings is 1. The lowest BCUT2D eigenvalue weighted by atomic mass is 10.1. The van der Waals surface area contributed by atoms with Crippen molar-refractivity contribution < 1.29 is 19.3 Å². The molecular formula is C22H29N3O5S. The molecule has 0 amide bonds. The van der Waals surface area contributed by atoms with Gasteiger partial charge in [-0.1, -0.05) is 12.1 Å². The monoisotopic (exact) mass is 447 g/mol. The molecule has 0 saturated heterocycles. The Hall–Kier alpha value is -2.30. The number of nitrogens with zero attached hydrogens (tertiary/aromatic N) is 2. The second kappa shape index (κ2) is 11.4. The summed E-state index contributed by atoms with van der Waals surface area (Å²) in [7, 11) is 3.25. The minimum absolute atomic E-state index is 0.173. The maximum Gasteiger partial charge on any atom is 0.260 e. The number of thiophene rings is 1. The normalized spacial score (nSPS) is 12.5. The summed E-state index contributed by atoms with van der Waals surface area (Å²) in [4.78, 5) is 23.2. The number of H-pyrrole nitrogens is 1. The fourth-order valence-corrected chi connectivity index (χ4v) is 4.29. The van der Waals surface area contributed by atoms with Gasteiger partial charge in [0.25, 0.3) is 5.56 Å². The van der Waals surface area contributed by atoms with Crippen LogP contribution in [0.3, 0.4) is 0 Å². The highest BCUT2D eigenvalue weighted by atomic mass is 32.1. The van der Waals surface area contributed by atoms with E-state index in [1.807, 2.05) is 41.5 Å². The number of aromatic nitrogens is 2. The summed E-state index contributed by atoms with van der Waals surface area (Å²) in [6.07, 6.45) is -0.629. The van der Waals surface area contributed by atoms with Gasteiger partial charge in [0.05, 0.1) is 38.4 Å². The Kier molecular flexibility index (Phi) is 8.56. The lowest BCUT2D eigenvalue weighted by Gasteiger charge is -2.24. The molecule has 2 heterocycles. The van der Waals surface area contributed by atoms with Gasteiger partial charge in [-0.2, -0.15) is 0 Å². The lowest BCUT2D eigenvalue weighted by molar-refractivity contribution is 0.0144. The Labute approximate surface area is 185 Å². The van der Waals surface area contributed by atoms with Crippen LogP contribution in [0.4, 0.5) is 0 Å². The molecule has 0 bridgehead atoms. The molecule has 0 aliphatic heterocycles. The maximum atomic E-state index is 12.9. The third-order valence-electron chi connectivity index (χ3n) is 4.86. The zero-order valence-electron chi connectivity index (χ0n) is 18.1. The largest absolute Gasteiger partial charge is 0.497 e. The molecule has 168 valence electrons. The van der Waals surface area contributed by atoms with Crippen LogP contribution in [0.15, 0.2) is 34.4 Å². The number of rotatable bonds is 12. The van der Waals surface area contributed by atoms with Crippen molar-refractivity contribution in [2.24, 2.45) is 0 Å². The molecule has 9 heteroatoms.